The Morgan fingerprint density at radius 3 is 2.67 bits per heavy atom. The van der Waals surface area contributed by atoms with Crippen LogP contribution in [-0.2, 0) is 0 Å². The summed E-state index contributed by atoms with van der Waals surface area (Å²) in [7, 11) is 2.03. The zero-order valence-corrected chi connectivity index (χ0v) is 10.2. The van der Waals surface area contributed by atoms with Crippen LogP contribution < -0.4 is 10.2 Å². The summed E-state index contributed by atoms with van der Waals surface area (Å²) in [6.45, 7) is 5.40. The summed E-state index contributed by atoms with van der Waals surface area (Å²) >= 11 is 1.70. The molecule has 1 aliphatic heterocycles. The number of hydrogen-bond acceptors (Lipinski definition) is 5. The lowest BCUT2D eigenvalue weighted by Crippen LogP contribution is -2.36. The summed E-state index contributed by atoms with van der Waals surface area (Å²) < 4.78 is 0. The fourth-order valence-electron chi connectivity index (χ4n) is 2.03. The number of rotatable bonds is 3. The average molecular weight is 226 g/mol. The van der Waals surface area contributed by atoms with Gasteiger partial charge in [-0.1, -0.05) is 11.3 Å². The van der Waals surface area contributed by atoms with Gasteiger partial charge in [0.05, 0.1) is 0 Å². The van der Waals surface area contributed by atoms with Gasteiger partial charge in [-0.15, -0.1) is 10.2 Å². The van der Waals surface area contributed by atoms with Crippen LogP contribution in [0.2, 0.25) is 0 Å². The Balaban J connectivity index is 1.88. The molecule has 1 saturated heterocycles. The normalized spacial score (nSPS) is 18.4. The molecule has 0 saturated carbocycles. The minimum Gasteiger partial charge on any atom is -0.347 e. The zero-order chi connectivity index (χ0) is 10.7. The molecule has 1 aromatic heterocycles. The van der Waals surface area contributed by atoms with Crippen molar-refractivity contribution in [1.82, 2.24) is 15.5 Å². The van der Waals surface area contributed by atoms with E-state index in [4.69, 9.17) is 0 Å². The molecule has 1 aliphatic rings. The highest BCUT2D eigenvalue weighted by atomic mass is 32.1. The molecule has 15 heavy (non-hydrogen) atoms. The number of aryl methyl sites for hydroxylation is 1. The lowest BCUT2D eigenvalue weighted by atomic mass is 9.97. The Bertz CT molecular complexity index is 304. The molecule has 2 rings (SSSR count). The topological polar surface area (TPSA) is 41.0 Å². The van der Waals surface area contributed by atoms with Crippen molar-refractivity contribution in [2.45, 2.75) is 19.8 Å². The molecule has 0 bridgehead atoms. The van der Waals surface area contributed by atoms with Gasteiger partial charge in [-0.3, -0.25) is 0 Å². The van der Waals surface area contributed by atoms with Crippen LogP contribution in [0.15, 0.2) is 0 Å². The number of nitrogens with one attached hydrogen (secondary N) is 1. The molecular formula is C10H18N4S. The summed E-state index contributed by atoms with van der Waals surface area (Å²) in [6, 6.07) is 0. The smallest absolute Gasteiger partial charge is 0.208 e. The Morgan fingerprint density at radius 1 is 1.40 bits per heavy atom. The van der Waals surface area contributed by atoms with Gasteiger partial charge < -0.3 is 10.2 Å². The molecule has 0 unspecified atom stereocenters. The molecule has 0 spiro atoms. The van der Waals surface area contributed by atoms with Crippen LogP contribution in [0.3, 0.4) is 0 Å². The second kappa shape index (κ2) is 4.90. The molecule has 2 heterocycles. The quantitative estimate of drug-likeness (QED) is 0.843. The van der Waals surface area contributed by atoms with E-state index < -0.39 is 0 Å². The first-order valence-electron chi connectivity index (χ1n) is 5.49. The highest BCUT2D eigenvalue weighted by Gasteiger charge is 2.20. The number of piperidine rings is 1. The van der Waals surface area contributed by atoms with E-state index >= 15 is 0 Å². The van der Waals surface area contributed by atoms with E-state index in [2.05, 4.69) is 20.4 Å². The third-order valence-corrected chi connectivity index (χ3v) is 3.79. The van der Waals surface area contributed by atoms with Crippen molar-refractivity contribution in [2.24, 2.45) is 5.92 Å². The third kappa shape index (κ3) is 2.66. The SMILES string of the molecule is CNCC1CCN(c2nnc(C)s2)CC1. The van der Waals surface area contributed by atoms with Gasteiger partial charge in [0.1, 0.15) is 5.01 Å². The largest absolute Gasteiger partial charge is 0.347 e. The van der Waals surface area contributed by atoms with Crippen molar-refractivity contribution in [3.63, 3.8) is 0 Å². The Morgan fingerprint density at radius 2 is 2.13 bits per heavy atom. The van der Waals surface area contributed by atoms with Crippen LogP contribution in [-0.4, -0.2) is 36.9 Å². The van der Waals surface area contributed by atoms with Crippen molar-refractivity contribution in [1.29, 1.82) is 0 Å². The second-order valence-corrected chi connectivity index (χ2v) is 5.25. The maximum atomic E-state index is 4.19. The van der Waals surface area contributed by atoms with E-state index in [9.17, 15) is 0 Å². The second-order valence-electron chi connectivity index (χ2n) is 4.09. The first-order valence-corrected chi connectivity index (χ1v) is 6.31. The van der Waals surface area contributed by atoms with Gasteiger partial charge in [-0.2, -0.15) is 0 Å². The summed E-state index contributed by atoms with van der Waals surface area (Å²) in [5.41, 5.74) is 0. The molecule has 0 amide bonds. The van der Waals surface area contributed by atoms with Crippen LogP contribution in [0, 0.1) is 12.8 Å². The first-order chi connectivity index (χ1) is 7.29. The Kier molecular flexibility index (Phi) is 3.53. The molecule has 1 aromatic rings. The maximum absolute atomic E-state index is 4.19. The van der Waals surface area contributed by atoms with Gasteiger partial charge in [0.15, 0.2) is 0 Å². The molecule has 0 aromatic carbocycles. The van der Waals surface area contributed by atoms with E-state index in [1.54, 1.807) is 11.3 Å². The highest BCUT2D eigenvalue weighted by molar-refractivity contribution is 7.15. The highest BCUT2D eigenvalue weighted by Crippen LogP contribution is 2.25. The van der Waals surface area contributed by atoms with E-state index in [-0.39, 0.29) is 0 Å². The summed E-state index contributed by atoms with van der Waals surface area (Å²) in [5.74, 6) is 0.834. The van der Waals surface area contributed by atoms with E-state index in [0.29, 0.717) is 0 Å². The van der Waals surface area contributed by atoms with E-state index in [1.807, 2.05) is 14.0 Å². The fourth-order valence-corrected chi connectivity index (χ4v) is 2.77. The number of hydrogen-bond donors (Lipinski definition) is 1. The standard InChI is InChI=1S/C10H18N4S/c1-8-12-13-10(15-8)14-5-3-9(4-6-14)7-11-2/h9,11H,3-7H2,1-2H3. The van der Waals surface area contributed by atoms with Crippen molar-refractivity contribution < 1.29 is 0 Å². The zero-order valence-electron chi connectivity index (χ0n) is 9.36. The molecule has 1 N–H and O–H groups in total. The number of nitrogens with zero attached hydrogens (tertiary/aromatic N) is 3. The van der Waals surface area contributed by atoms with Gasteiger partial charge in [-0.25, -0.2) is 0 Å². The molecule has 4 nitrogen and oxygen atoms in total. The fraction of sp³-hybridized carbons (Fsp3) is 0.800. The molecule has 84 valence electrons. The third-order valence-electron chi connectivity index (χ3n) is 2.89. The lowest BCUT2D eigenvalue weighted by molar-refractivity contribution is 0.393. The maximum Gasteiger partial charge on any atom is 0.208 e. The van der Waals surface area contributed by atoms with Gasteiger partial charge in [0, 0.05) is 13.1 Å². The van der Waals surface area contributed by atoms with Gasteiger partial charge in [-0.05, 0) is 39.3 Å². The minimum absolute atomic E-state index is 0.834. The minimum atomic E-state index is 0.834. The Hall–Kier alpha value is -0.680. The first kappa shape index (κ1) is 10.8. The average Bonchev–Trinajstić information content (AvgIpc) is 2.67. The molecule has 0 atom stereocenters. The van der Waals surface area contributed by atoms with Crippen molar-refractivity contribution in [3.05, 3.63) is 5.01 Å². The predicted octanol–water partition coefficient (Wildman–Crippen LogP) is 1.28. The van der Waals surface area contributed by atoms with E-state index in [0.717, 1.165) is 35.7 Å². The van der Waals surface area contributed by atoms with E-state index in [1.165, 1.54) is 12.8 Å². The van der Waals surface area contributed by atoms with Gasteiger partial charge in [0.2, 0.25) is 5.13 Å². The molecule has 0 aliphatic carbocycles. The number of anilines is 1. The van der Waals surface area contributed by atoms with Crippen molar-refractivity contribution in [2.75, 3.05) is 31.6 Å². The van der Waals surface area contributed by atoms with Crippen LogP contribution >= 0.6 is 11.3 Å². The van der Waals surface area contributed by atoms with Gasteiger partial charge >= 0.3 is 0 Å². The van der Waals surface area contributed by atoms with Crippen LogP contribution in [0.4, 0.5) is 5.13 Å². The summed E-state index contributed by atoms with van der Waals surface area (Å²) in [6.07, 6.45) is 2.53. The van der Waals surface area contributed by atoms with Crippen LogP contribution in [0.5, 0.6) is 0 Å². The summed E-state index contributed by atoms with van der Waals surface area (Å²) in [4.78, 5) is 2.36. The van der Waals surface area contributed by atoms with Crippen LogP contribution in [0.25, 0.3) is 0 Å². The molecule has 0 radical (unpaired) electrons. The number of aromatic nitrogens is 2. The summed E-state index contributed by atoms with van der Waals surface area (Å²) in [5, 5.41) is 13.7. The van der Waals surface area contributed by atoms with Gasteiger partial charge in [0.25, 0.3) is 0 Å². The molecule has 1 fully saturated rings. The predicted molar refractivity (Wildman–Crippen MR) is 63.5 cm³/mol. The van der Waals surface area contributed by atoms with Crippen LogP contribution in [0.1, 0.15) is 17.8 Å². The lowest BCUT2D eigenvalue weighted by Gasteiger charge is -2.31. The Labute approximate surface area is 94.7 Å². The van der Waals surface area contributed by atoms with Crippen molar-refractivity contribution in [3.8, 4) is 0 Å². The molecular weight excluding hydrogens is 208 g/mol. The van der Waals surface area contributed by atoms with Crippen molar-refractivity contribution >= 4 is 16.5 Å². The molecule has 5 heteroatoms. The monoisotopic (exact) mass is 226 g/mol.